The number of hydrogen-bond donors (Lipinski definition) is 1. The molecule has 0 aromatic carbocycles. The summed E-state index contributed by atoms with van der Waals surface area (Å²) in [5.41, 5.74) is 1.60. The van der Waals surface area contributed by atoms with Crippen LogP contribution in [-0.2, 0) is 11.8 Å². The number of nitrogens with zero attached hydrogens (tertiary/aromatic N) is 5. The monoisotopic (exact) mass is 302 g/mol. The largest absolute Gasteiger partial charge is 0.375 e. The van der Waals surface area contributed by atoms with Gasteiger partial charge in [-0.05, 0) is 19.1 Å². The first-order chi connectivity index (χ1) is 10.7. The van der Waals surface area contributed by atoms with Crippen LogP contribution in [0.15, 0.2) is 24.5 Å². The summed E-state index contributed by atoms with van der Waals surface area (Å²) >= 11 is 0. The molecular formula is C14H18N6O2. The van der Waals surface area contributed by atoms with Crippen molar-refractivity contribution >= 4 is 11.8 Å². The van der Waals surface area contributed by atoms with Gasteiger partial charge in [-0.1, -0.05) is 0 Å². The third kappa shape index (κ3) is 3.06. The number of urea groups is 1. The van der Waals surface area contributed by atoms with E-state index in [4.69, 9.17) is 4.74 Å². The summed E-state index contributed by atoms with van der Waals surface area (Å²) in [5, 5.41) is 14.9. The summed E-state index contributed by atoms with van der Waals surface area (Å²) in [4.78, 5) is 13.7. The Kier molecular flexibility index (Phi) is 4.01. The predicted octanol–water partition coefficient (Wildman–Crippen LogP) is 1.13. The van der Waals surface area contributed by atoms with E-state index >= 15 is 0 Å². The molecule has 8 heteroatoms. The highest BCUT2D eigenvalue weighted by atomic mass is 16.5. The van der Waals surface area contributed by atoms with Gasteiger partial charge in [0.05, 0.1) is 31.1 Å². The van der Waals surface area contributed by atoms with Crippen molar-refractivity contribution in [3.63, 3.8) is 0 Å². The Labute approximate surface area is 128 Å². The smallest absolute Gasteiger partial charge is 0.323 e. The maximum absolute atomic E-state index is 12.0. The minimum atomic E-state index is -0.181. The number of carbonyl (C=O) groups excluding carboxylic acids is 1. The van der Waals surface area contributed by atoms with Crippen LogP contribution in [0.5, 0.6) is 0 Å². The lowest BCUT2D eigenvalue weighted by molar-refractivity contribution is -0.0276. The van der Waals surface area contributed by atoms with E-state index in [0.717, 1.165) is 5.56 Å². The van der Waals surface area contributed by atoms with Crippen LogP contribution in [0.2, 0.25) is 0 Å². The number of nitrogens with one attached hydrogen (secondary N) is 1. The van der Waals surface area contributed by atoms with E-state index in [1.54, 1.807) is 27.9 Å². The van der Waals surface area contributed by atoms with Gasteiger partial charge in [0, 0.05) is 25.4 Å². The highest BCUT2D eigenvalue weighted by Crippen LogP contribution is 2.17. The van der Waals surface area contributed by atoms with E-state index in [1.165, 1.54) is 0 Å². The number of ether oxygens (including phenoxy) is 1. The van der Waals surface area contributed by atoms with Gasteiger partial charge in [0.1, 0.15) is 0 Å². The highest BCUT2D eigenvalue weighted by Gasteiger charge is 2.31. The fraction of sp³-hybridized carbons (Fsp3) is 0.429. The molecule has 2 aromatic rings. The topological polar surface area (TPSA) is 85.2 Å². The lowest BCUT2D eigenvalue weighted by Crippen LogP contribution is -2.56. The Morgan fingerprint density at radius 2 is 2.23 bits per heavy atom. The summed E-state index contributed by atoms with van der Waals surface area (Å²) < 4.78 is 7.12. The van der Waals surface area contributed by atoms with Crippen molar-refractivity contribution in [1.29, 1.82) is 0 Å². The Balaban J connectivity index is 1.56. The van der Waals surface area contributed by atoms with Crippen LogP contribution in [0.3, 0.4) is 0 Å². The number of aromatic nitrogens is 4. The Hall–Kier alpha value is -2.48. The van der Waals surface area contributed by atoms with Crippen LogP contribution < -0.4 is 5.32 Å². The zero-order chi connectivity index (χ0) is 15.5. The quantitative estimate of drug-likeness (QED) is 0.915. The van der Waals surface area contributed by atoms with Gasteiger partial charge in [-0.2, -0.15) is 5.10 Å². The number of rotatable bonds is 4. The van der Waals surface area contributed by atoms with Crippen molar-refractivity contribution in [3.8, 4) is 11.3 Å². The van der Waals surface area contributed by atoms with Gasteiger partial charge in [0.2, 0.25) is 0 Å². The van der Waals surface area contributed by atoms with Crippen LogP contribution in [0.4, 0.5) is 10.6 Å². The molecule has 1 N–H and O–H groups in total. The van der Waals surface area contributed by atoms with Crippen molar-refractivity contribution in [2.45, 2.75) is 13.0 Å². The van der Waals surface area contributed by atoms with Crippen LogP contribution in [0, 0.1) is 0 Å². The Morgan fingerprint density at radius 1 is 1.41 bits per heavy atom. The molecule has 0 saturated carbocycles. The Bertz CT molecular complexity index is 648. The molecule has 3 heterocycles. The van der Waals surface area contributed by atoms with Crippen LogP contribution in [-0.4, -0.2) is 56.7 Å². The maximum Gasteiger partial charge on any atom is 0.323 e. The Morgan fingerprint density at radius 3 is 2.82 bits per heavy atom. The molecule has 0 bridgehead atoms. The molecule has 8 nitrogen and oxygen atoms in total. The highest BCUT2D eigenvalue weighted by molar-refractivity contribution is 5.88. The van der Waals surface area contributed by atoms with E-state index in [-0.39, 0.29) is 12.1 Å². The molecular weight excluding hydrogens is 284 g/mol. The molecule has 0 unspecified atom stereocenters. The molecule has 1 aliphatic rings. The lowest BCUT2D eigenvalue weighted by atomic mass is 10.2. The van der Waals surface area contributed by atoms with E-state index < -0.39 is 0 Å². The number of amides is 2. The summed E-state index contributed by atoms with van der Waals surface area (Å²) in [6, 6.07) is 3.35. The average molecular weight is 302 g/mol. The number of hydrogen-bond acceptors (Lipinski definition) is 5. The molecule has 1 aliphatic heterocycles. The molecule has 3 rings (SSSR count). The van der Waals surface area contributed by atoms with E-state index in [0.29, 0.717) is 31.2 Å². The zero-order valence-corrected chi connectivity index (χ0v) is 12.6. The van der Waals surface area contributed by atoms with Crippen LogP contribution in [0.1, 0.15) is 6.92 Å². The van der Waals surface area contributed by atoms with Crippen molar-refractivity contribution in [1.82, 2.24) is 24.9 Å². The SMILES string of the molecule is CCOC1CN(C(=O)Nc2ccc(-c3cnn(C)c3)nn2)C1. The summed E-state index contributed by atoms with van der Waals surface area (Å²) in [6.07, 6.45) is 3.72. The van der Waals surface area contributed by atoms with Gasteiger partial charge < -0.3 is 9.64 Å². The molecule has 0 atom stereocenters. The van der Waals surface area contributed by atoms with E-state index in [9.17, 15) is 4.79 Å². The summed E-state index contributed by atoms with van der Waals surface area (Å²) in [5.74, 6) is 0.428. The molecule has 0 radical (unpaired) electrons. The molecule has 116 valence electrons. The average Bonchev–Trinajstić information content (AvgIpc) is 2.89. The first kappa shape index (κ1) is 14.5. The standard InChI is InChI=1S/C14H18N6O2/c1-3-22-11-8-20(9-11)14(21)16-13-5-4-12(17-18-13)10-6-15-19(2)7-10/h4-7,11H,3,8-9H2,1-2H3,(H,16,18,21). The van der Waals surface area contributed by atoms with Gasteiger partial charge in [0.25, 0.3) is 0 Å². The third-order valence-corrected chi connectivity index (χ3v) is 3.44. The zero-order valence-electron chi connectivity index (χ0n) is 12.6. The van der Waals surface area contributed by atoms with Crippen molar-refractivity contribution in [2.24, 2.45) is 7.05 Å². The van der Waals surface area contributed by atoms with Crippen molar-refractivity contribution < 1.29 is 9.53 Å². The molecule has 2 amide bonds. The normalized spacial score (nSPS) is 14.7. The number of aryl methyl sites for hydroxylation is 1. The number of anilines is 1. The van der Waals surface area contributed by atoms with Gasteiger partial charge in [-0.25, -0.2) is 4.79 Å². The minimum Gasteiger partial charge on any atom is -0.375 e. The van der Waals surface area contributed by atoms with Crippen LogP contribution >= 0.6 is 0 Å². The molecule has 1 fully saturated rings. The number of likely N-dealkylation sites (tertiary alicyclic amines) is 1. The van der Waals surface area contributed by atoms with Crippen molar-refractivity contribution in [3.05, 3.63) is 24.5 Å². The minimum absolute atomic E-state index is 0.148. The first-order valence-electron chi connectivity index (χ1n) is 7.16. The fourth-order valence-electron chi connectivity index (χ4n) is 2.24. The van der Waals surface area contributed by atoms with Crippen LogP contribution in [0.25, 0.3) is 11.3 Å². The van der Waals surface area contributed by atoms with Gasteiger partial charge in [-0.3, -0.25) is 10.00 Å². The van der Waals surface area contributed by atoms with Crippen molar-refractivity contribution in [2.75, 3.05) is 25.0 Å². The molecule has 0 spiro atoms. The van der Waals surface area contributed by atoms with E-state index in [2.05, 4.69) is 20.6 Å². The second-order valence-corrected chi connectivity index (χ2v) is 5.12. The molecule has 1 saturated heterocycles. The summed E-state index contributed by atoms with van der Waals surface area (Å²) in [7, 11) is 1.84. The fourth-order valence-corrected chi connectivity index (χ4v) is 2.24. The lowest BCUT2D eigenvalue weighted by Gasteiger charge is -2.38. The van der Waals surface area contributed by atoms with Gasteiger partial charge in [0.15, 0.2) is 5.82 Å². The number of carbonyl (C=O) groups is 1. The van der Waals surface area contributed by atoms with Gasteiger partial charge in [-0.15, -0.1) is 10.2 Å². The first-order valence-corrected chi connectivity index (χ1v) is 7.16. The maximum atomic E-state index is 12.0. The predicted molar refractivity (Wildman–Crippen MR) is 80.2 cm³/mol. The van der Waals surface area contributed by atoms with E-state index in [1.807, 2.05) is 20.2 Å². The third-order valence-electron chi connectivity index (χ3n) is 3.44. The molecule has 22 heavy (non-hydrogen) atoms. The van der Waals surface area contributed by atoms with Gasteiger partial charge >= 0.3 is 6.03 Å². The second-order valence-electron chi connectivity index (χ2n) is 5.12. The summed E-state index contributed by atoms with van der Waals surface area (Å²) in [6.45, 7) is 3.84. The second kappa shape index (κ2) is 6.10. The molecule has 0 aliphatic carbocycles. The molecule has 2 aromatic heterocycles.